The molecule has 0 bridgehead atoms. The molecule has 1 atom stereocenters. The van der Waals surface area contributed by atoms with Gasteiger partial charge in [-0.1, -0.05) is 18.2 Å². The van der Waals surface area contributed by atoms with Gasteiger partial charge in [0.2, 0.25) is 0 Å². The van der Waals surface area contributed by atoms with E-state index in [4.69, 9.17) is 9.47 Å². The first kappa shape index (κ1) is 16.1. The molecule has 7 heteroatoms. The lowest BCUT2D eigenvalue weighted by Gasteiger charge is -2.37. The zero-order chi connectivity index (χ0) is 17.6. The number of rotatable bonds is 3. The molecule has 2 aromatic rings. The Morgan fingerprint density at radius 2 is 2.20 bits per heavy atom. The molecular formula is C18H22N4O3. The second kappa shape index (κ2) is 5.84. The van der Waals surface area contributed by atoms with Crippen LogP contribution < -0.4 is 9.64 Å². The fourth-order valence-corrected chi connectivity index (χ4v) is 3.28. The predicted molar refractivity (Wildman–Crippen MR) is 91.9 cm³/mol. The van der Waals surface area contributed by atoms with Gasteiger partial charge in [-0.15, -0.1) is 5.10 Å². The summed E-state index contributed by atoms with van der Waals surface area (Å²) in [6.45, 7) is 8.71. The predicted octanol–water partition coefficient (Wildman–Crippen LogP) is 2.05. The maximum absolute atomic E-state index is 13.0. The maximum Gasteiger partial charge on any atom is 0.280 e. The van der Waals surface area contributed by atoms with Crippen LogP contribution in [0.2, 0.25) is 0 Å². The largest absolute Gasteiger partial charge is 0.487 e. The number of carbonyl (C=O) groups is 1. The van der Waals surface area contributed by atoms with Crippen LogP contribution in [0.25, 0.3) is 0 Å². The molecule has 0 aliphatic carbocycles. The highest BCUT2D eigenvalue weighted by Gasteiger charge is 2.35. The number of carbonyl (C=O) groups excluding carboxylic acids is 1. The topological polar surface area (TPSA) is 69.5 Å². The molecule has 2 aliphatic rings. The molecule has 0 radical (unpaired) electrons. The third-order valence-corrected chi connectivity index (χ3v) is 4.62. The van der Waals surface area contributed by atoms with Crippen LogP contribution in [-0.4, -0.2) is 46.8 Å². The molecule has 1 amide bonds. The van der Waals surface area contributed by atoms with E-state index in [1.807, 2.05) is 32.0 Å². The number of fused-ring (bicyclic) bond motifs is 1. The fraction of sp³-hybridized carbons (Fsp3) is 0.500. The van der Waals surface area contributed by atoms with Crippen molar-refractivity contribution in [3.8, 4) is 5.75 Å². The monoisotopic (exact) mass is 342 g/mol. The van der Waals surface area contributed by atoms with Crippen molar-refractivity contribution < 1.29 is 14.3 Å². The molecule has 0 saturated carbocycles. The number of amides is 1. The number of ether oxygens (including phenoxy) is 2. The van der Waals surface area contributed by atoms with Gasteiger partial charge in [-0.3, -0.25) is 14.4 Å². The molecule has 1 saturated heterocycles. The Balaban J connectivity index is 1.59. The molecule has 1 aromatic carbocycles. The third-order valence-electron chi connectivity index (χ3n) is 4.62. The summed E-state index contributed by atoms with van der Waals surface area (Å²) in [7, 11) is 0. The summed E-state index contributed by atoms with van der Waals surface area (Å²) in [5.74, 6) is 0.576. The highest BCUT2D eigenvalue weighted by Crippen LogP contribution is 2.35. The average molecular weight is 342 g/mol. The zero-order valence-corrected chi connectivity index (χ0v) is 14.7. The van der Waals surface area contributed by atoms with Crippen molar-refractivity contribution in [2.24, 2.45) is 5.41 Å². The van der Waals surface area contributed by atoms with E-state index in [1.54, 1.807) is 15.8 Å². The van der Waals surface area contributed by atoms with Gasteiger partial charge < -0.3 is 9.47 Å². The summed E-state index contributed by atoms with van der Waals surface area (Å²) in [4.78, 5) is 14.7. The summed E-state index contributed by atoms with van der Waals surface area (Å²) in [5, 5.41) is 8.22. The Kier molecular flexibility index (Phi) is 3.76. The lowest BCUT2D eigenvalue weighted by Crippen LogP contribution is -2.43. The van der Waals surface area contributed by atoms with E-state index in [-0.39, 0.29) is 17.4 Å². The Hall–Kier alpha value is -2.41. The molecule has 25 heavy (non-hydrogen) atoms. The molecule has 2 aliphatic heterocycles. The van der Waals surface area contributed by atoms with E-state index in [9.17, 15) is 4.79 Å². The Bertz CT molecular complexity index is 812. The van der Waals surface area contributed by atoms with Crippen molar-refractivity contribution in [3.63, 3.8) is 0 Å². The zero-order valence-electron chi connectivity index (χ0n) is 14.7. The van der Waals surface area contributed by atoms with Gasteiger partial charge >= 0.3 is 0 Å². The minimum Gasteiger partial charge on any atom is -0.487 e. The lowest BCUT2D eigenvalue weighted by molar-refractivity contribution is -0.111. The van der Waals surface area contributed by atoms with E-state index in [2.05, 4.69) is 17.2 Å². The van der Waals surface area contributed by atoms with Gasteiger partial charge in [0, 0.05) is 5.41 Å². The highest BCUT2D eigenvalue weighted by atomic mass is 16.5. The molecule has 4 rings (SSSR count). The Morgan fingerprint density at radius 1 is 1.40 bits per heavy atom. The molecule has 132 valence electrons. The van der Waals surface area contributed by atoms with Crippen LogP contribution >= 0.6 is 0 Å². The molecule has 1 fully saturated rings. The second-order valence-corrected chi connectivity index (χ2v) is 7.42. The van der Waals surface area contributed by atoms with Crippen LogP contribution in [0.15, 0.2) is 24.4 Å². The van der Waals surface area contributed by atoms with Crippen LogP contribution in [0.5, 0.6) is 5.75 Å². The van der Waals surface area contributed by atoms with Gasteiger partial charge in [0.1, 0.15) is 11.9 Å². The standard InChI is InChI=1S/C18H22N4O3/c1-12-4-5-16-15(6-12)22(7-13(2)25-16)17(23)14-8-21(20-19-14)9-18(3)10-24-11-18/h4-6,8,13H,7,9-11H2,1-3H3. The van der Waals surface area contributed by atoms with Gasteiger partial charge in [-0.05, 0) is 31.5 Å². The van der Waals surface area contributed by atoms with Crippen LogP contribution in [-0.2, 0) is 11.3 Å². The van der Waals surface area contributed by atoms with Crippen molar-refractivity contribution in [3.05, 3.63) is 35.7 Å². The summed E-state index contributed by atoms with van der Waals surface area (Å²) in [5.41, 5.74) is 2.30. The first-order chi connectivity index (χ1) is 11.9. The minimum absolute atomic E-state index is 0.0692. The number of benzene rings is 1. The van der Waals surface area contributed by atoms with Crippen molar-refractivity contribution >= 4 is 11.6 Å². The average Bonchev–Trinajstić information content (AvgIpc) is 3.00. The SMILES string of the molecule is Cc1ccc2c(c1)N(C(=O)c1cn(CC3(C)COC3)nn1)CC(C)O2. The highest BCUT2D eigenvalue weighted by molar-refractivity contribution is 6.05. The normalized spacial score (nSPS) is 21.2. The maximum atomic E-state index is 13.0. The lowest BCUT2D eigenvalue weighted by atomic mass is 9.89. The van der Waals surface area contributed by atoms with Crippen LogP contribution in [0.4, 0.5) is 5.69 Å². The number of aryl methyl sites for hydroxylation is 1. The minimum atomic E-state index is -0.150. The van der Waals surface area contributed by atoms with Crippen LogP contribution in [0.1, 0.15) is 29.9 Å². The molecular weight excluding hydrogens is 320 g/mol. The van der Waals surface area contributed by atoms with Crippen LogP contribution in [0.3, 0.4) is 0 Å². The molecule has 3 heterocycles. The molecule has 0 N–H and O–H groups in total. The summed E-state index contributed by atoms with van der Waals surface area (Å²) < 4.78 is 12.9. The van der Waals surface area contributed by atoms with Crippen LogP contribution in [0, 0.1) is 12.3 Å². The fourth-order valence-electron chi connectivity index (χ4n) is 3.28. The molecule has 1 aromatic heterocycles. The van der Waals surface area contributed by atoms with E-state index >= 15 is 0 Å². The second-order valence-electron chi connectivity index (χ2n) is 7.42. The van der Waals surface area contributed by atoms with Crippen molar-refractivity contribution in [1.82, 2.24) is 15.0 Å². The summed E-state index contributed by atoms with van der Waals surface area (Å²) in [6.07, 6.45) is 1.65. The summed E-state index contributed by atoms with van der Waals surface area (Å²) >= 11 is 0. The first-order valence-electron chi connectivity index (χ1n) is 8.51. The van der Waals surface area contributed by atoms with Crippen molar-refractivity contribution in [2.45, 2.75) is 33.4 Å². The van der Waals surface area contributed by atoms with Gasteiger partial charge in [-0.25, -0.2) is 0 Å². The van der Waals surface area contributed by atoms with E-state index in [0.717, 1.165) is 17.0 Å². The number of anilines is 1. The third kappa shape index (κ3) is 3.00. The van der Waals surface area contributed by atoms with E-state index in [0.29, 0.717) is 32.0 Å². The smallest absolute Gasteiger partial charge is 0.280 e. The van der Waals surface area contributed by atoms with E-state index in [1.165, 1.54) is 0 Å². The Labute approximate surface area is 146 Å². The van der Waals surface area contributed by atoms with Crippen molar-refractivity contribution in [2.75, 3.05) is 24.7 Å². The quantitative estimate of drug-likeness (QED) is 0.854. The summed E-state index contributed by atoms with van der Waals surface area (Å²) in [6, 6.07) is 5.86. The number of aromatic nitrogens is 3. The van der Waals surface area contributed by atoms with Gasteiger partial charge in [0.25, 0.3) is 5.91 Å². The molecule has 0 spiro atoms. The van der Waals surface area contributed by atoms with Crippen molar-refractivity contribution in [1.29, 1.82) is 0 Å². The van der Waals surface area contributed by atoms with Gasteiger partial charge in [-0.2, -0.15) is 0 Å². The first-order valence-corrected chi connectivity index (χ1v) is 8.51. The van der Waals surface area contributed by atoms with Gasteiger partial charge in [0.05, 0.1) is 38.2 Å². The van der Waals surface area contributed by atoms with E-state index < -0.39 is 0 Å². The van der Waals surface area contributed by atoms with Gasteiger partial charge in [0.15, 0.2) is 5.69 Å². The molecule has 1 unspecified atom stereocenters. The Morgan fingerprint density at radius 3 is 2.92 bits per heavy atom. The number of nitrogens with zero attached hydrogens (tertiary/aromatic N) is 4. The number of hydrogen-bond donors (Lipinski definition) is 0. The number of hydrogen-bond acceptors (Lipinski definition) is 5. The molecule has 7 nitrogen and oxygen atoms in total.